The van der Waals surface area contributed by atoms with Crippen LogP contribution in [0.4, 0.5) is 51.2 Å². The Kier molecular flexibility index (Phi) is 10.3. The Hall–Kier alpha value is -6.00. The molecule has 7 aromatic carbocycles. The van der Waals surface area contributed by atoms with Crippen molar-refractivity contribution in [2.75, 3.05) is 14.7 Å². The van der Waals surface area contributed by atoms with Crippen LogP contribution in [0, 0.1) is 13.8 Å². The Morgan fingerprint density at radius 3 is 1.35 bits per heavy atom. The summed E-state index contributed by atoms with van der Waals surface area (Å²) in [5.41, 5.74) is 27.4. The molecule has 0 unspecified atom stereocenters. The molecule has 366 valence electrons. The van der Waals surface area contributed by atoms with Crippen molar-refractivity contribution in [2.45, 2.75) is 168 Å². The molecule has 4 heteroatoms. The van der Waals surface area contributed by atoms with E-state index in [1.165, 1.54) is 134 Å². The van der Waals surface area contributed by atoms with Gasteiger partial charge in [0.1, 0.15) is 0 Å². The van der Waals surface area contributed by atoms with Crippen LogP contribution >= 0.6 is 0 Å². The quantitative estimate of drug-likeness (QED) is 0.159. The van der Waals surface area contributed by atoms with E-state index in [9.17, 15) is 0 Å². The molecule has 0 radical (unpaired) electrons. The third kappa shape index (κ3) is 7.11. The van der Waals surface area contributed by atoms with Crippen LogP contribution < -0.4 is 31.1 Å². The minimum absolute atomic E-state index is 0.0195. The molecule has 0 spiro atoms. The molecule has 0 saturated carbocycles. The zero-order valence-electron chi connectivity index (χ0n) is 45.9. The van der Waals surface area contributed by atoms with Crippen LogP contribution in [0.25, 0.3) is 0 Å². The fourth-order valence-electron chi connectivity index (χ4n) is 14.1. The molecule has 0 atom stereocenters. The standard InChI is InChI=1S/C68H76BN3/c1-43-35-60-62-61(36-43)72(58-41-53-50(37-44(58)2)64(5,6)31-33-67(53,11)12)57-28-26-48(70(45-21-17-15-18-22-45)46-23-19-16-20-24-46)39-55(57)69(62)56-40-52-54(68(13,14)34-32-66(52,9)10)42-59(56)71(60)47-25-27-49-51(38-47)65(7,8)30-29-63(49,3)4/h15-28,35-42H,29-34H2,1-14H3. The first-order chi connectivity index (χ1) is 34.0. The van der Waals surface area contributed by atoms with Gasteiger partial charge in [0, 0.05) is 51.2 Å². The van der Waals surface area contributed by atoms with Gasteiger partial charge in [-0.3, -0.25) is 0 Å². The molecule has 0 bridgehead atoms. The van der Waals surface area contributed by atoms with E-state index in [4.69, 9.17) is 0 Å². The number of hydrogen-bond donors (Lipinski definition) is 0. The molecule has 12 rings (SSSR count). The van der Waals surface area contributed by atoms with Gasteiger partial charge < -0.3 is 14.7 Å². The summed E-state index contributed by atoms with van der Waals surface area (Å²) in [6.45, 7) is 34.4. The van der Waals surface area contributed by atoms with Crippen molar-refractivity contribution in [1.82, 2.24) is 0 Å². The minimum atomic E-state index is -0.0195. The maximum absolute atomic E-state index is 2.71. The Balaban J connectivity index is 1.20. The number of nitrogens with zero attached hydrogens (tertiary/aromatic N) is 3. The second-order valence-electron chi connectivity index (χ2n) is 26.7. The van der Waals surface area contributed by atoms with Gasteiger partial charge in [-0.2, -0.15) is 0 Å². The fraction of sp³-hybridized carbons (Fsp3) is 0.382. The summed E-state index contributed by atoms with van der Waals surface area (Å²) in [6, 6.07) is 52.5. The van der Waals surface area contributed by atoms with E-state index < -0.39 is 0 Å². The zero-order chi connectivity index (χ0) is 50.7. The van der Waals surface area contributed by atoms with Gasteiger partial charge in [-0.25, -0.2) is 0 Å². The Labute approximate surface area is 432 Å². The molecule has 3 nitrogen and oxygen atoms in total. The van der Waals surface area contributed by atoms with Gasteiger partial charge in [0.05, 0.1) is 0 Å². The van der Waals surface area contributed by atoms with Crippen LogP contribution in [0.1, 0.15) is 166 Å². The van der Waals surface area contributed by atoms with Crippen molar-refractivity contribution in [3.05, 3.63) is 178 Å². The predicted octanol–water partition coefficient (Wildman–Crippen LogP) is 16.9. The van der Waals surface area contributed by atoms with Crippen LogP contribution in [-0.4, -0.2) is 6.71 Å². The largest absolute Gasteiger partial charge is 0.311 e. The second kappa shape index (κ2) is 15.8. The van der Waals surface area contributed by atoms with Crippen molar-refractivity contribution >= 4 is 74.3 Å². The van der Waals surface area contributed by atoms with Crippen LogP contribution in [0.3, 0.4) is 0 Å². The lowest BCUT2D eigenvalue weighted by Gasteiger charge is -2.48. The lowest BCUT2D eigenvalue weighted by molar-refractivity contribution is 0.332. The maximum Gasteiger partial charge on any atom is 0.252 e. The lowest BCUT2D eigenvalue weighted by Crippen LogP contribution is -2.62. The monoisotopic (exact) mass is 946 g/mol. The van der Waals surface area contributed by atoms with E-state index in [-0.39, 0.29) is 39.2 Å². The van der Waals surface area contributed by atoms with E-state index in [2.05, 4.69) is 245 Å². The van der Waals surface area contributed by atoms with E-state index in [0.29, 0.717) is 0 Å². The first kappa shape index (κ1) is 47.0. The van der Waals surface area contributed by atoms with Gasteiger partial charge in [0.25, 0.3) is 6.71 Å². The van der Waals surface area contributed by atoms with Crippen LogP contribution in [0.5, 0.6) is 0 Å². The molecule has 2 aliphatic heterocycles. The minimum Gasteiger partial charge on any atom is -0.311 e. The van der Waals surface area contributed by atoms with Crippen molar-refractivity contribution in [3.63, 3.8) is 0 Å². The highest BCUT2D eigenvalue weighted by Crippen LogP contribution is 2.55. The van der Waals surface area contributed by atoms with Gasteiger partial charge in [-0.15, -0.1) is 0 Å². The maximum atomic E-state index is 2.71. The number of hydrogen-bond acceptors (Lipinski definition) is 3. The van der Waals surface area contributed by atoms with Crippen LogP contribution in [0.2, 0.25) is 0 Å². The molecule has 0 N–H and O–H groups in total. The molecular weight excluding hydrogens is 870 g/mol. The van der Waals surface area contributed by atoms with Gasteiger partial charge in [0.15, 0.2) is 0 Å². The Morgan fingerprint density at radius 1 is 0.361 bits per heavy atom. The fourth-order valence-corrected chi connectivity index (χ4v) is 14.1. The highest BCUT2D eigenvalue weighted by atomic mass is 15.2. The molecule has 7 aromatic rings. The van der Waals surface area contributed by atoms with E-state index in [0.717, 1.165) is 17.1 Å². The molecule has 5 aliphatic rings. The van der Waals surface area contributed by atoms with Crippen molar-refractivity contribution in [2.24, 2.45) is 0 Å². The number of rotatable bonds is 5. The molecule has 0 saturated heterocycles. The number of para-hydroxylation sites is 2. The molecule has 2 heterocycles. The SMILES string of the molecule is Cc1cc2c3c(c1)N(c1cc4c(cc1C)C(C)(C)CCC4(C)C)c1ccc(N(c4ccccc4)c4ccccc4)cc1B3c1cc3c(cc1N2c1ccc2c(c1)C(C)(C)CCC2(C)C)C(C)(C)CCC3(C)C. The first-order valence-corrected chi connectivity index (χ1v) is 27.3. The molecule has 0 amide bonds. The Morgan fingerprint density at radius 2 is 0.806 bits per heavy atom. The molecule has 0 fully saturated rings. The van der Waals surface area contributed by atoms with E-state index in [1.807, 2.05) is 0 Å². The second-order valence-corrected chi connectivity index (χ2v) is 26.7. The van der Waals surface area contributed by atoms with Gasteiger partial charge in [-0.05, 0) is 225 Å². The van der Waals surface area contributed by atoms with Gasteiger partial charge in [0.2, 0.25) is 0 Å². The van der Waals surface area contributed by atoms with Gasteiger partial charge in [-0.1, -0.05) is 138 Å². The van der Waals surface area contributed by atoms with Crippen LogP contribution in [-0.2, 0) is 32.5 Å². The summed E-state index contributed by atoms with van der Waals surface area (Å²) in [4.78, 5) is 7.86. The summed E-state index contributed by atoms with van der Waals surface area (Å²) in [7, 11) is 0. The number of benzene rings is 7. The average molecular weight is 946 g/mol. The number of anilines is 9. The lowest BCUT2D eigenvalue weighted by atomic mass is 9.33. The topological polar surface area (TPSA) is 9.72 Å². The van der Waals surface area contributed by atoms with Crippen molar-refractivity contribution < 1.29 is 0 Å². The Bertz CT molecular complexity index is 3310. The predicted molar refractivity (Wildman–Crippen MR) is 310 cm³/mol. The summed E-state index contributed by atoms with van der Waals surface area (Å²) in [5.74, 6) is 0. The third-order valence-electron chi connectivity index (χ3n) is 19.0. The molecular formula is C68H76BN3. The van der Waals surface area contributed by atoms with Gasteiger partial charge >= 0.3 is 0 Å². The van der Waals surface area contributed by atoms with E-state index >= 15 is 0 Å². The smallest absolute Gasteiger partial charge is 0.252 e. The number of aryl methyl sites for hydroxylation is 2. The summed E-state index contributed by atoms with van der Waals surface area (Å²) in [6.07, 6.45) is 7.07. The third-order valence-corrected chi connectivity index (χ3v) is 19.0. The molecule has 3 aliphatic carbocycles. The van der Waals surface area contributed by atoms with E-state index in [1.54, 1.807) is 0 Å². The molecule has 72 heavy (non-hydrogen) atoms. The number of fused-ring (bicyclic) bond motifs is 7. The highest BCUT2D eigenvalue weighted by molar-refractivity contribution is 7.00. The van der Waals surface area contributed by atoms with Crippen LogP contribution in [0.15, 0.2) is 133 Å². The highest BCUT2D eigenvalue weighted by Gasteiger charge is 2.48. The zero-order valence-corrected chi connectivity index (χ0v) is 45.9. The molecule has 0 aromatic heterocycles. The van der Waals surface area contributed by atoms with Crippen molar-refractivity contribution in [3.8, 4) is 0 Å². The van der Waals surface area contributed by atoms with Crippen molar-refractivity contribution in [1.29, 1.82) is 0 Å². The summed E-state index contributed by atoms with van der Waals surface area (Å²) in [5, 5.41) is 0. The first-order valence-electron chi connectivity index (χ1n) is 27.3. The average Bonchev–Trinajstić information content (AvgIpc) is 3.34. The summed E-state index contributed by atoms with van der Waals surface area (Å²) < 4.78 is 0. The summed E-state index contributed by atoms with van der Waals surface area (Å²) >= 11 is 0. The normalized spacial score (nSPS) is 19.8.